The molecule has 15 N–H and O–H groups in total. The fourth-order valence-electron chi connectivity index (χ4n) is 20.0. The van der Waals surface area contributed by atoms with Crippen LogP contribution in [-0.2, 0) is 32.7 Å². The van der Waals surface area contributed by atoms with E-state index in [9.17, 15) is 9.65 Å². The molecule has 20 aromatic rings. The summed E-state index contributed by atoms with van der Waals surface area (Å²) >= 11 is 6.36. The van der Waals surface area contributed by atoms with Gasteiger partial charge in [0.2, 0.25) is 0 Å². The van der Waals surface area contributed by atoms with Crippen LogP contribution in [0, 0.1) is 31.0 Å². The van der Waals surface area contributed by atoms with Crippen LogP contribution in [0.1, 0.15) is 110 Å². The topological polar surface area (TPSA) is 378 Å². The first-order valence-corrected chi connectivity index (χ1v) is 48.0. The molecule has 0 bridgehead atoms. The number of aryl methyl sites for hydroxylation is 2. The molecule has 10 aromatic carbocycles. The first-order valence-electron chi connectivity index (χ1n) is 47.7. The van der Waals surface area contributed by atoms with Crippen LogP contribution in [0.3, 0.4) is 0 Å². The van der Waals surface area contributed by atoms with Crippen LogP contribution >= 0.6 is 11.6 Å². The number of imidazole rings is 5. The summed E-state index contributed by atoms with van der Waals surface area (Å²) in [4.78, 5) is 75.3. The Hall–Kier alpha value is -17.0. The molecule has 26 nitrogen and oxygen atoms in total. The molecule has 5 saturated heterocycles. The molecule has 141 heavy (non-hydrogen) atoms. The van der Waals surface area contributed by atoms with Crippen molar-refractivity contribution in [3.05, 3.63) is 330 Å². The number of aromatic amines is 5. The number of allylic oxidation sites excluding steroid dienone is 5. The molecular weight excluding hydrogens is 1780 g/mol. The fraction of sp³-hybridized carbons (Fsp3) is 0.195. The summed E-state index contributed by atoms with van der Waals surface area (Å²) in [6.07, 6.45) is 11.0. The fourth-order valence-corrected chi connectivity index (χ4v) is 20.3. The van der Waals surface area contributed by atoms with E-state index >= 15 is 0 Å². The zero-order valence-corrected chi connectivity index (χ0v) is 79.4. The van der Waals surface area contributed by atoms with Gasteiger partial charge in [0.25, 0.3) is 0 Å². The zero-order valence-electron chi connectivity index (χ0n) is 78.7. The number of nitriles is 1. The van der Waals surface area contributed by atoms with E-state index in [0.29, 0.717) is 59.3 Å². The van der Waals surface area contributed by atoms with Crippen molar-refractivity contribution < 1.29 is 4.39 Å². The number of nitrogens with two attached hydrogens (primary N) is 5. The van der Waals surface area contributed by atoms with E-state index in [1.165, 1.54) is 51.5 Å². The van der Waals surface area contributed by atoms with Gasteiger partial charge in [-0.05, 0) is 219 Å². The number of pyridine rings is 5. The second kappa shape index (κ2) is 38.2. The molecule has 5 aliphatic rings. The quantitative estimate of drug-likeness (QED) is 0.0456. The first kappa shape index (κ1) is 90.5. The summed E-state index contributed by atoms with van der Waals surface area (Å²) in [5.74, 6) is 6.43. The predicted molar refractivity (Wildman–Crippen MR) is 569 cm³/mol. The van der Waals surface area contributed by atoms with Crippen molar-refractivity contribution in [3.8, 4) is 61.7 Å². The number of H-pyrrole nitrogens is 5. The average molecular weight is 1880 g/mol. The third kappa shape index (κ3) is 18.4. The van der Waals surface area contributed by atoms with Crippen molar-refractivity contribution in [2.45, 2.75) is 111 Å². The largest absolute Gasteiger partial charge is 0.382 e. The third-order valence-corrected chi connectivity index (χ3v) is 27.8. The maximum absolute atomic E-state index is 13.6. The number of nitrogen functional groups attached to an aromatic ring is 5. The van der Waals surface area contributed by atoms with Gasteiger partial charge in [-0.3, -0.25) is 0 Å². The molecule has 5 fully saturated rings. The number of likely N-dealkylation sites (tertiary alicyclic amines) is 5. The lowest BCUT2D eigenvalue weighted by Crippen LogP contribution is -2.17. The highest BCUT2D eigenvalue weighted by Crippen LogP contribution is 2.41. The van der Waals surface area contributed by atoms with Gasteiger partial charge in [-0.25, -0.2) is 54.2 Å². The highest BCUT2D eigenvalue weighted by Gasteiger charge is 2.27. The number of hydrogen-bond donors (Lipinski definition) is 10. The number of nitrogens with zero attached hydrogens (tertiary/aromatic N) is 16. The van der Waals surface area contributed by atoms with Gasteiger partial charge in [0, 0.05) is 98.7 Å². The van der Waals surface area contributed by atoms with Crippen molar-refractivity contribution in [2.75, 3.05) is 61.4 Å². The van der Waals surface area contributed by atoms with E-state index in [4.69, 9.17) is 65.2 Å². The second-order valence-electron chi connectivity index (χ2n) is 37.0. The predicted octanol–water partition coefficient (Wildman–Crippen LogP) is 23.6. The van der Waals surface area contributed by atoms with E-state index < -0.39 is 0 Å². The molecule has 0 aliphatic carbocycles. The highest BCUT2D eigenvalue weighted by atomic mass is 35.5. The van der Waals surface area contributed by atoms with Crippen LogP contribution < -0.4 is 28.7 Å². The van der Waals surface area contributed by atoms with Crippen LogP contribution in [0.25, 0.3) is 165 Å². The van der Waals surface area contributed by atoms with E-state index in [0.717, 1.165) is 305 Å². The van der Waals surface area contributed by atoms with Gasteiger partial charge in [-0.2, -0.15) is 5.26 Å². The van der Waals surface area contributed by atoms with Crippen molar-refractivity contribution in [1.29, 1.82) is 5.26 Å². The lowest BCUT2D eigenvalue weighted by atomic mass is 9.99. The van der Waals surface area contributed by atoms with Crippen LogP contribution in [0.5, 0.6) is 0 Å². The second-order valence-corrected chi connectivity index (χ2v) is 37.4. The zero-order chi connectivity index (χ0) is 97.0. The Kier molecular flexibility index (Phi) is 24.5. The molecule has 0 unspecified atom stereocenters. The molecule has 15 heterocycles. The highest BCUT2D eigenvalue weighted by molar-refractivity contribution is 6.33. The van der Waals surface area contributed by atoms with Gasteiger partial charge in [-0.1, -0.05) is 177 Å². The van der Waals surface area contributed by atoms with Gasteiger partial charge < -0.3 is 78.1 Å². The van der Waals surface area contributed by atoms with Crippen LogP contribution in [0.15, 0.2) is 274 Å². The minimum atomic E-state index is -0.263. The average Bonchev–Trinajstić information content (AvgIpc) is 1.69. The molecule has 28 heteroatoms. The van der Waals surface area contributed by atoms with Crippen molar-refractivity contribution in [1.82, 2.24) is 99.3 Å². The van der Waals surface area contributed by atoms with Crippen LogP contribution in [0.4, 0.5) is 33.5 Å². The molecule has 25 rings (SSSR count). The number of fused-ring (bicyclic) bond motifs is 15. The smallest absolute Gasteiger partial charge is 0.150 e. The van der Waals surface area contributed by atoms with Crippen LogP contribution in [0.2, 0.25) is 5.02 Å². The van der Waals surface area contributed by atoms with Crippen LogP contribution in [-0.4, -0.2) is 132 Å². The molecule has 0 radical (unpaired) electrons. The molecule has 5 aliphatic heterocycles. The molecule has 0 amide bonds. The minimum Gasteiger partial charge on any atom is -0.382 e. The summed E-state index contributed by atoms with van der Waals surface area (Å²) in [5.41, 5.74) is 62.6. The standard InChI is InChI=1S/C23H20N6.2C23H23N5.C22H20ClN5.C22H20FN5/c1-14-5-4-10-29(14)13-20-27-21-18-9-8-15(17-7-3-2-6-16(17)12-24)11-19(18)26-23(25)22(21)28-20;1-14-5-3-7-16(11-14)17-8-9-18-19(12-17)25-23(24)22-21(18)26-20(27-22)13-28-10-4-6-15(28)2;1-14-6-3-4-8-17(14)16-9-10-18-19(12-16)25-23(24)22-21(18)26-20(27-22)13-28-11-5-7-15(28)2;1-13-5-4-10-28(13)12-19-26-20-16-9-8-14(15-6-2-3-7-17(15)23)11-18(16)25-22(24)21(20)27-19;1-13-4-3-9-28(13)12-19-26-20-17-8-7-15(14-5-2-6-16(23)10-14)11-18(17)25-22(24)21(20)27-19/h2-3,6-9,11H,1,4-5,10,13H2,(H2,25,26)(H,27,28);3,5,7-9,11-12H,2,4,6,10,13H2,1H3,(H2,24,25)(H,26,27);3-4,6,8-10,12H,2,5,7,11,13H2,1H3,(H2,24,25)(H,26,27);2-3,6-9,11H,1,4-5,10,12H2,(H2,24,25)(H,26,27);2,5-8,10-11H,1,3-4,9,12H2,(H2,24,25)(H,26,27). The lowest BCUT2D eigenvalue weighted by Gasteiger charge is -2.16. The molecule has 702 valence electrons. The normalized spacial score (nSPS) is 14.4. The number of nitrogens with one attached hydrogen (secondary N) is 5. The summed E-state index contributed by atoms with van der Waals surface area (Å²) in [6, 6.07) is 71.6. The minimum absolute atomic E-state index is 0.263. The Morgan fingerprint density at radius 1 is 0.319 bits per heavy atom. The van der Waals surface area contributed by atoms with Gasteiger partial charge in [0.15, 0.2) is 0 Å². The number of aromatic nitrogens is 15. The summed E-state index contributed by atoms with van der Waals surface area (Å²) in [5, 5.41) is 15.0. The molecule has 0 spiro atoms. The van der Waals surface area contributed by atoms with Gasteiger partial charge in [-0.15, -0.1) is 0 Å². The molecule has 10 aromatic heterocycles. The van der Waals surface area contributed by atoms with Gasteiger partial charge in [0.1, 0.15) is 119 Å². The van der Waals surface area contributed by atoms with Crippen molar-refractivity contribution >= 4 is 150 Å². The van der Waals surface area contributed by atoms with E-state index in [-0.39, 0.29) is 5.82 Å². The molecule has 0 saturated carbocycles. The van der Waals surface area contributed by atoms with Crippen molar-refractivity contribution in [2.24, 2.45) is 0 Å². The van der Waals surface area contributed by atoms with Gasteiger partial charge >= 0.3 is 0 Å². The van der Waals surface area contributed by atoms with E-state index in [1.807, 2.05) is 103 Å². The SMILES string of the molecule is C=C1CCCN1Cc1nc2c([nH]1)c(N)nc1cc(-c3cccc(C)c3)ccc12.C=C1CCCN1Cc1nc2c([nH]1)c(N)nc1cc(-c3cccc(F)c3)ccc12.C=C1CCCN1Cc1nc2c([nH]1)c(N)nc1cc(-c3ccccc3C#N)ccc12.C=C1CCCN1Cc1nc2c([nH]1)c(N)nc1cc(-c3ccccc3C)ccc12.C=C1CCCN1Cc1nc2c([nH]1)c(N)nc1cc(-c3ccccc3Cl)ccc12. The Bertz CT molecular complexity index is 8090. The van der Waals surface area contributed by atoms with Crippen molar-refractivity contribution in [3.63, 3.8) is 0 Å². The molecule has 0 atom stereocenters. The lowest BCUT2D eigenvalue weighted by molar-refractivity contribution is 0.378. The Labute approximate surface area is 818 Å². The third-order valence-electron chi connectivity index (χ3n) is 27.4. The summed E-state index contributed by atoms with van der Waals surface area (Å²) in [6.45, 7) is 33.6. The Balaban J connectivity index is 0.000000104. The van der Waals surface area contributed by atoms with E-state index in [2.05, 4.69) is 218 Å². The number of halogens is 2. The monoisotopic (exact) mass is 1880 g/mol. The molecular formula is C113H106ClFN26. The van der Waals surface area contributed by atoms with E-state index in [1.54, 1.807) is 6.07 Å². The Morgan fingerprint density at radius 2 is 0.603 bits per heavy atom. The van der Waals surface area contributed by atoms with Gasteiger partial charge in [0.05, 0.1) is 71.9 Å². The number of rotatable bonds is 15. The number of anilines is 5. The first-order chi connectivity index (χ1) is 68.5. The summed E-state index contributed by atoms with van der Waals surface area (Å²) < 4.78 is 13.6. The number of hydrogen-bond acceptors (Lipinski definition) is 21. The summed E-state index contributed by atoms with van der Waals surface area (Å²) in [7, 11) is 0. The number of benzene rings is 10. The Morgan fingerprint density at radius 3 is 0.922 bits per heavy atom. The maximum Gasteiger partial charge on any atom is 0.150 e. The maximum atomic E-state index is 13.6.